The summed E-state index contributed by atoms with van der Waals surface area (Å²) < 4.78 is 35.7. The number of aromatic hydroxyl groups is 2. The lowest BCUT2D eigenvalue weighted by Gasteiger charge is -2.44. The number of methoxy groups -OCH3 is 2. The molecule has 0 saturated carbocycles. The molecule has 8 atom stereocenters. The summed E-state index contributed by atoms with van der Waals surface area (Å²) in [5, 5.41) is 46.2. The number of morpholine rings is 1. The van der Waals surface area contributed by atoms with Crippen LogP contribution in [0.15, 0.2) is 23.2 Å². The maximum Gasteiger partial charge on any atom is 0.202 e. The van der Waals surface area contributed by atoms with Crippen molar-refractivity contribution in [2.75, 3.05) is 40.5 Å². The van der Waals surface area contributed by atoms with Gasteiger partial charge >= 0.3 is 0 Å². The first kappa shape index (κ1) is 34.6. The number of phenolic OH excluding ortho intramolecular Hbond substituents is 2. The minimum Gasteiger partial charge on any atom is -0.507 e. The van der Waals surface area contributed by atoms with Crippen molar-refractivity contribution in [3.63, 3.8) is 0 Å². The van der Waals surface area contributed by atoms with Crippen LogP contribution in [0.4, 0.5) is 0 Å². The van der Waals surface area contributed by atoms with Crippen LogP contribution in [0, 0.1) is 0 Å². The third-order valence-corrected chi connectivity index (χ3v) is 10.4. The Hall–Kier alpha value is -3.80. The molecule has 0 aromatic heterocycles. The number of carbonyl (C=O) groups excluding carboxylic acids is 3. The topological polar surface area (TPSA) is 203 Å². The predicted molar refractivity (Wildman–Crippen MR) is 172 cm³/mol. The molecule has 3 aliphatic heterocycles. The van der Waals surface area contributed by atoms with Crippen LogP contribution in [0.25, 0.3) is 0 Å². The van der Waals surface area contributed by atoms with Gasteiger partial charge in [0, 0.05) is 55.6 Å². The number of aliphatic hydroxyl groups is 2. The van der Waals surface area contributed by atoms with Crippen molar-refractivity contribution in [3.05, 3.63) is 51.6 Å². The van der Waals surface area contributed by atoms with E-state index < -0.39 is 83.8 Å². The maximum absolute atomic E-state index is 14.0. The number of Topliss-reactive ketones (excluding diaryl/α,β-unsaturated/α-hetero) is 1. The molecule has 0 amide bonds. The molecule has 15 heteroatoms. The van der Waals surface area contributed by atoms with Gasteiger partial charge in [0.25, 0.3) is 0 Å². The van der Waals surface area contributed by atoms with Crippen molar-refractivity contribution < 1.29 is 63.2 Å². The summed E-state index contributed by atoms with van der Waals surface area (Å²) in [6.45, 7) is 3.10. The molecule has 3 heterocycles. The highest BCUT2D eigenvalue weighted by molar-refractivity contribution is 6.31. The number of benzene rings is 2. The zero-order valence-electron chi connectivity index (χ0n) is 28.1. The van der Waals surface area contributed by atoms with E-state index in [2.05, 4.69) is 9.89 Å². The van der Waals surface area contributed by atoms with Crippen LogP contribution in [-0.4, -0.2) is 132 Å². The Morgan fingerprint density at radius 2 is 1.86 bits per heavy atom. The highest BCUT2D eigenvalue weighted by Crippen LogP contribution is 2.53. The lowest BCUT2D eigenvalue weighted by atomic mass is 9.71. The summed E-state index contributed by atoms with van der Waals surface area (Å²) in [6, 6.07) is 4.30. The third-order valence-electron chi connectivity index (χ3n) is 10.4. The van der Waals surface area contributed by atoms with E-state index in [-0.39, 0.29) is 64.6 Å². The van der Waals surface area contributed by atoms with Gasteiger partial charge in [-0.05, 0) is 19.9 Å². The molecule has 50 heavy (non-hydrogen) atoms. The fourth-order valence-corrected chi connectivity index (χ4v) is 8.10. The van der Waals surface area contributed by atoms with Crippen molar-refractivity contribution in [1.82, 2.24) is 4.90 Å². The lowest BCUT2D eigenvalue weighted by Crippen LogP contribution is -2.55. The number of nitrogens with zero attached hydrogens (tertiary/aromatic N) is 2. The molecule has 1 unspecified atom stereocenters. The number of fused-ring (bicyclic) bond motifs is 6. The minimum absolute atomic E-state index is 0.0148. The molecule has 15 nitrogen and oxygen atoms in total. The number of aliphatic imine (C=N–C) groups is 1. The SMILES string of the molecule is COc1cccc2c1C(=O)c1c(O)c3c(c(O)c1C2=O)C[C@@](O)(/C(CO)=N/CC(C)=O)C[C@@H]3OC1C[C@H]2[C@H](O[C@@H]3[C@@H](OC)OCCN32)[C@H](C)O1. The second kappa shape index (κ2) is 13.1. The van der Waals surface area contributed by atoms with Gasteiger partial charge in [0.15, 0.2) is 30.4 Å². The van der Waals surface area contributed by atoms with Crippen molar-refractivity contribution in [1.29, 1.82) is 0 Å². The monoisotopic (exact) mass is 696 g/mol. The Bertz CT molecular complexity index is 1780. The van der Waals surface area contributed by atoms with E-state index >= 15 is 0 Å². The molecule has 5 aliphatic rings. The van der Waals surface area contributed by atoms with Crippen molar-refractivity contribution in [2.45, 2.75) is 81.9 Å². The average molecular weight is 697 g/mol. The molecule has 3 saturated heterocycles. The lowest BCUT2D eigenvalue weighted by molar-refractivity contribution is -0.255. The Morgan fingerprint density at radius 3 is 2.56 bits per heavy atom. The standard InChI is InChI=1S/C35H40N2O13/c1-15(39)13-36-22(14-38)35(44)11-18-25(31(43)27-26(29(18)41)28(40)17-6-5-7-20(45-3)24(17)30(27)42)21(12-35)49-23-10-19-32(16(2)48-23)50-33-34(46-4)47-9-8-37(19)33/h5-7,16,19,21,23,32-34,38,41,43-44H,8-14H2,1-4H3/b36-22+/t16-,19-,21-,23?,32+,33+,34-,35-/m0/s1. The van der Waals surface area contributed by atoms with Gasteiger partial charge in [0.1, 0.15) is 29.0 Å². The van der Waals surface area contributed by atoms with Crippen LogP contribution in [-0.2, 0) is 34.9 Å². The summed E-state index contributed by atoms with van der Waals surface area (Å²) in [6.07, 6.45) is -4.48. The van der Waals surface area contributed by atoms with Crippen LogP contribution in [0.5, 0.6) is 17.2 Å². The summed E-state index contributed by atoms with van der Waals surface area (Å²) in [5.74, 6) is -2.88. The van der Waals surface area contributed by atoms with Crippen molar-refractivity contribution in [2.24, 2.45) is 4.99 Å². The Labute approximate surface area is 287 Å². The first-order valence-electron chi connectivity index (χ1n) is 16.5. The number of rotatable bonds is 8. The van der Waals surface area contributed by atoms with Crippen LogP contribution in [0.2, 0.25) is 0 Å². The second-order valence-electron chi connectivity index (χ2n) is 13.3. The van der Waals surface area contributed by atoms with E-state index in [0.717, 1.165) is 0 Å². The van der Waals surface area contributed by atoms with Crippen LogP contribution < -0.4 is 4.74 Å². The van der Waals surface area contributed by atoms with Gasteiger partial charge < -0.3 is 48.8 Å². The van der Waals surface area contributed by atoms with Gasteiger partial charge in [-0.2, -0.15) is 0 Å². The fraction of sp³-hybridized carbons (Fsp3) is 0.543. The van der Waals surface area contributed by atoms with Gasteiger partial charge in [-0.15, -0.1) is 0 Å². The number of ketones is 3. The van der Waals surface area contributed by atoms with Crippen LogP contribution >= 0.6 is 0 Å². The van der Waals surface area contributed by atoms with Crippen molar-refractivity contribution >= 4 is 23.1 Å². The summed E-state index contributed by atoms with van der Waals surface area (Å²) in [7, 11) is 2.89. The minimum atomic E-state index is -2.00. The first-order valence-corrected chi connectivity index (χ1v) is 16.5. The highest BCUT2D eigenvalue weighted by atomic mass is 16.7. The maximum atomic E-state index is 14.0. The largest absolute Gasteiger partial charge is 0.507 e. The molecule has 0 spiro atoms. The average Bonchev–Trinajstić information content (AvgIpc) is 3.47. The summed E-state index contributed by atoms with van der Waals surface area (Å²) >= 11 is 0. The van der Waals surface area contributed by atoms with E-state index in [0.29, 0.717) is 19.6 Å². The van der Waals surface area contributed by atoms with E-state index in [1.54, 1.807) is 7.11 Å². The first-order chi connectivity index (χ1) is 23.9. The normalized spacial score (nSPS) is 32.1. The quantitative estimate of drug-likeness (QED) is 0.193. The predicted octanol–water partition coefficient (Wildman–Crippen LogP) is 1.17. The fourth-order valence-electron chi connectivity index (χ4n) is 8.10. The van der Waals surface area contributed by atoms with Crippen LogP contribution in [0.3, 0.4) is 0 Å². The molecule has 0 radical (unpaired) electrons. The van der Waals surface area contributed by atoms with Gasteiger partial charge in [-0.1, -0.05) is 12.1 Å². The van der Waals surface area contributed by atoms with Crippen LogP contribution in [0.1, 0.15) is 75.8 Å². The van der Waals surface area contributed by atoms with Gasteiger partial charge in [0.05, 0.1) is 61.5 Å². The summed E-state index contributed by atoms with van der Waals surface area (Å²) in [5.41, 5.74) is -3.16. The van der Waals surface area contributed by atoms with E-state index in [1.165, 1.54) is 32.2 Å². The molecular formula is C35H40N2O13. The summed E-state index contributed by atoms with van der Waals surface area (Å²) in [4.78, 5) is 46.0. The zero-order chi connectivity index (χ0) is 35.6. The number of aliphatic hydroxyl groups excluding tert-OH is 1. The Balaban J connectivity index is 1.32. The molecular weight excluding hydrogens is 656 g/mol. The number of hydrogen-bond acceptors (Lipinski definition) is 15. The molecule has 3 fully saturated rings. The van der Waals surface area contributed by atoms with Gasteiger partial charge in [-0.3, -0.25) is 24.3 Å². The Morgan fingerprint density at radius 1 is 1.10 bits per heavy atom. The zero-order valence-corrected chi connectivity index (χ0v) is 28.1. The molecule has 2 aromatic carbocycles. The second-order valence-corrected chi connectivity index (χ2v) is 13.3. The van der Waals surface area contributed by atoms with E-state index in [9.17, 15) is 34.8 Å². The molecule has 2 aromatic rings. The molecule has 268 valence electrons. The highest BCUT2D eigenvalue weighted by Gasteiger charge is 2.55. The molecule has 0 bridgehead atoms. The molecule has 2 aliphatic carbocycles. The van der Waals surface area contributed by atoms with E-state index in [1.807, 2.05) is 6.92 Å². The van der Waals surface area contributed by atoms with E-state index in [4.69, 9.17) is 28.4 Å². The smallest absolute Gasteiger partial charge is 0.202 e. The Kier molecular flexibility index (Phi) is 9.05. The molecule has 7 rings (SSSR count). The van der Waals surface area contributed by atoms with Gasteiger partial charge in [0.2, 0.25) is 5.78 Å². The number of phenols is 2. The number of ether oxygens (including phenoxy) is 6. The number of carbonyl (C=O) groups is 3. The van der Waals surface area contributed by atoms with Gasteiger partial charge in [-0.25, -0.2) is 0 Å². The number of hydrogen-bond donors (Lipinski definition) is 4. The molecule has 4 N–H and O–H groups in total. The third kappa shape index (κ3) is 5.43. The van der Waals surface area contributed by atoms with Crippen molar-refractivity contribution in [3.8, 4) is 17.2 Å².